The van der Waals surface area contributed by atoms with E-state index in [4.69, 9.17) is 4.52 Å². The standard InChI is InChI=1S/C16H20N6O2S/c1-4-5-6-13-8-7-12(9-17)16(18-13)25-11-14(23)19-15-10-22(20-24-15)21(2)3/h7-8,10H,4-6,11H2,1-3H3/p+1. The summed E-state index contributed by atoms with van der Waals surface area (Å²) in [6.07, 6.45) is 4.55. The molecule has 132 valence electrons. The average molecular weight is 361 g/mol. The highest BCUT2D eigenvalue weighted by Crippen LogP contribution is 2.21. The molecule has 1 amide bonds. The fourth-order valence-electron chi connectivity index (χ4n) is 1.96. The summed E-state index contributed by atoms with van der Waals surface area (Å²) in [4.78, 5) is 18.0. The Labute approximate surface area is 150 Å². The first-order valence-corrected chi connectivity index (χ1v) is 8.91. The van der Waals surface area contributed by atoms with Crippen molar-refractivity contribution in [3.05, 3.63) is 29.6 Å². The number of pyridine rings is 1. The van der Waals surface area contributed by atoms with Gasteiger partial charge in [-0.15, -0.1) is 0 Å². The van der Waals surface area contributed by atoms with Gasteiger partial charge in [-0.1, -0.05) is 25.1 Å². The first kappa shape index (κ1) is 18.7. The zero-order valence-corrected chi connectivity index (χ0v) is 15.3. The minimum absolute atomic E-state index is 0.127. The van der Waals surface area contributed by atoms with E-state index in [2.05, 4.69) is 28.6 Å². The average Bonchev–Trinajstić information content (AvgIpc) is 3.07. The molecule has 2 rings (SSSR count). The van der Waals surface area contributed by atoms with E-state index in [0.29, 0.717) is 10.6 Å². The van der Waals surface area contributed by atoms with Gasteiger partial charge in [0.15, 0.2) is 0 Å². The molecule has 2 heterocycles. The maximum Gasteiger partial charge on any atom is 0.305 e. The Morgan fingerprint density at radius 1 is 1.48 bits per heavy atom. The smallest absolute Gasteiger partial charge is 0.288 e. The molecule has 0 aliphatic carbocycles. The second kappa shape index (κ2) is 9.03. The van der Waals surface area contributed by atoms with E-state index >= 15 is 0 Å². The minimum atomic E-state index is -0.253. The van der Waals surface area contributed by atoms with Crippen molar-refractivity contribution in [2.24, 2.45) is 0 Å². The van der Waals surface area contributed by atoms with Crippen LogP contribution in [-0.4, -0.2) is 36.0 Å². The Morgan fingerprint density at radius 2 is 2.28 bits per heavy atom. The number of hydrogen-bond acceptors (Lipinski definition) is 7. The number of nitriles is 1. The Balaban J connectivity index is 1.96. The lowest BCUT2D eigenvalue weighted by Crippen LogP contribution is -2.53. The van der Waals surface area contributed by atoms with Crippen molar-refractivity contribution < 1.29 is 14.1 Å². The van der Waals surface area contributed by atoms with Gasteiger partial charge in [-0.05, 0) is 25.0 Å². The maximum absolute atomic E-state index is 12.1. The lowest BCUT2D eigenvalue weighted by Gasteiger charge is -2.06. The topological polar surface area (TPSA) is 98.9 Å². The van der Waals surface area contributed by atoms with Crippen molar-refractivity contribution in [1.29, 1.82) is 5.26 Å². The van der Waals surface area contributed by atoms with Gasteiger partial charge in [-0.25, -0.2) is 4.98 Å². The summed E-state index contributed by atoms with van der Waals surface area (Å²) in [5, 5.41) is 17.8. The van der Waals surface area contributed by atoms with E-state index in [9.17, 15) is 10.1 Å². The van der Waals surface area contributed by atoms with Crippen molar-refractivity contribution in [3.8, 4) is 6.07 Å². The summed E-state index contributed by atoms with van der Waals surface area (Å²) >= 11 is 1.23. The zero-order chi connectivity index (χ0) is 18.2. The van der Waals surface area contributed by atoms with Crippen LogP contribution in [0.25, 0.3) is 0 Å². The second-order valence-electron chi connectivity index (χ2n) is 5.54. The number of carbonyl (C=O) groups excluding carboxylic acids is 1. The summed E-state index contributed by atoms with van der Waals surface area (Å²) in [7, 11) is 3.59. The Hall–Kier alpha value is -2.60. The van der Waals surface area contributed by atoms with E-state index in [1.165, 1.54) is 16.6 Å². The van der Waals surface area contributed by atoms with Crippen LogP contribution in [0.2, 0.25) is 0 Å². The molecule has 0 aliphatic rings. The molecular weight excluding hydrogens is 340 g/mol. The van der Waals surface area contributed by atoms with Crippen molar-refractivity contribution in [1.82, 2.24) is 10.3 Å². The van der Waals surface area contributed by atoms with Crippen molar-refractivity contribution >= 4 is 23.6 Å². The van der Waals surface area contributed by atoms with Gasteiger partial charge in [-0.3, -0.25) is 14.6 Å². The Bertz CT molecular complexity index is 768. The molecule has 2 aromatic heterocycles. The lowest BCUT2D eigenvalue weighted by atomic mass is 10.2. The predicted molar refractivity (Wildman–Crippen MR) is 93.7 cm³/mol. The molecule has 0 aromatic carbocycles. The number of carbonyl (C=O) groups is 1. The fourth-order valence-corrected chi connectivity index (χ4v) is 2.75. The van der Waals surface area contributed by atoms with Gasteiger partial charge in [0.1, 0.15) is 11.1 Å². The molecule has 0 spiro atoms. The first-order chi connectivity index (χ1) is 12.0. The summed E-state index contributed by atoms with van der Waals surface area (Å²) < 4.78 is 5.02. The van der Waals surface area contributed by atoms with E-state index in [1.807, 2.05) is 6.07 Å². The molecule has 9 heteroatoms. The third kappa shape index (κ3) is 5.46. The molecule has 8 nitrogen and oxygen atoms in total. The van der Waals surface area contributed by atoms with Crippen LogP contribution in [0.1, 0.15) is 31.0 Å². The van der Waals surface area contributed by atoms with Gasteiger partial charge in [0.2, 0.25) is 11.2 Å². The van der Waals surface area contributed by atoms with Gasteiger partial charge < -0.3 is 0 Å². The largest absolute Gasteiger partial charge is 0.305 e. The lowest BCUT2D eigenvalue weighted by molar-refractivity contribution is -0.753. The van der Waals surface area contributed by atoms with Crippen LogP contribution in [-0.2, 0) is 11.2 Å². The van der Waals surface area contributed by atoms with Crippen molar-refractivity contribution in [3.63, 3.8) is 0 Å². The first-order valence-electron chi connectivity index (χ1n) is 7.92. The normalized spacial score (nSPS) is 10.3. The van der Waals surface area contributed by atoms with E-state index in [0.717, 1.165) is 25.0 Å². The third-order valence-electron chi connectivity index (χ3n) is 3.29. The summed E-state index contributed by atoms with van der Waals surface area (Å²) in [5.74, 6) is 0.128. The number of rotatable bonds is 8. The van der Waals surface area contributed by atoms with E-state index in [-0.39, 0.29) is 17.5 Å². The van der Waals surface area contributed by atoms with Crippen LogP contribution in [0.5, 0.6) is 0 Å². The minimum Gasteiger partial charge on any atom is -0.288 e. The van der Waals surface area contributed by atoms with Crippen LogP contribution in [0.4, 0.5) is 5.88 Å². The molecule has 1 N–H and O–H groups in total. The van der Waals surface area contributed by atoms with Crippen LogP contribution in [0, 0.1) is 11.3 Å². The molecule has 0 radical (unpaired) electrons. The van der Waals surface area contributed by atoms with Gasteiger partial charge in [0.25, 0.3) is 6.20 Å². The monoisotopic (exact) mass is 361 g/mol. The summed E-state index contributed by atoms with van der Waals surface area (Å²) in [6.45, 7) is 2.12. The van der Waals surface area contributed by atoms with E-state index < -0.39 is 0 Å². The molecule has 0 aliphatic heterocycles. The molecule has 0 atom stereocenters. The SMILES string of the molecule is CCCCc1ccc(C#N)c(SCC(=O)Nc2c[n+](N(C)C)no2)n1. The number of nitrogens with zero attached hydrogens (tertiary/aromatic N) is 5. The highest BCUT2D eigenvalue weighted by molar-refractivity contribution is 8.00. The molecule has 0 saturated heterocycles. The number of nitrogens with one attached hydrogen (secondary N) is 1. The summed E-state index contributed by atoms with van der Waals surface area (Å²) in [5.41, 5.74) is 1.41. The molecule has 0 unspecified atom stereocenters. The molecular formula is C16H21N6O2S+. The van der Waals surface area contributed by atoms with Gasteiger partial charge >= 0.3 is 5.88 Å². The van der Waals surface area contributed by atoms with Crippen LogP contribution < -0.4 is 15.1 Å². The van der Waals surface area contributed by atoms with Gasteiger partial charge in [0.05, 0.1) is 30.2 Å². The zero-order valence-electron chi connectivity index (χ0n) is 14.5. The van der Waals surface area contributed by atoms with Gasteiger partial charge in [0, 0.05) is 5.69 Å². The number of amides is 1. The highest BCUT2D eigenvalue weighted by Gasteiger charge is 2.16. The quantitative estimate of drug-likeness (QED) is 0.562. The van der Waals surface area contributed by atoms with Crippen LogP contribution in [0.3, 0.4) is 0 Å². The molecule has 0 bridgehead atoms. The Kier molecular flexibility index (Phi) is 6.77. The highest BCUT2D eigenvalue weighted by atomic mass is 32.2. The second-order valence-corrected chi connectivity index (χ2v) is 6.51. The number of unbranched alkanes of at least 4 members (excludes halogenated alkanes) is 1. The summed E-state index contributed by atoms with van der Waals surface area (Å²) in [6, 6.07) is 5.74. The molecule has 0 fully saturated rings. The fraction of sp³-hybridized carbons (Fsp3) is 0.438. The number of anilines is 1. The molecule has 2 aromatic rings. The number of thioether (sulfide) groups is 1. The third-order valence-corrected chi connectivity index (χ3v) is 4.28. The predicted octanol–water partition coefficient (Wildman–Crippen LogP) is 1.50. The number of aromatic nitrogens is 3. The number of aryl methyl sites for hydroxylation is 1. The Morgan fingerprint density at radius 3 is 2.92 bits per heavy atom. The molecule has 0 saturated carbocycles. The van der Waals surface area contributed by atoms with Crippen LogP contribution in [0.15, 0.2) is 27.9 Å². The van der Waals surface area contributed by atoms with Gasteiger partial charge in [-0.2, -0.15) is 10.3 Å². The van der Waals surface area contributed by atoms with Crippen molar-refractivity contribution in [2.75, 3.05) is 30.2 Å². The van der Waals surface area contributed by atoms with Crippen LogP contribution >= 0.6 is 11.8 Å². The van der Waals surface area contributed by atoms with E-state index in [1.54, 1.807) is 31.4 Å². The molecule has 25 heavy (non-hydrogen) atoms. The van der Waals surface area contributed by atoms with Crippen molar-refractivity contribution in [2.45, 2.75) is 31.2 Å². The number of hydrogen-bond donors (Lipinski definition) is 1. The maximum atomic E-state index is 12.1.